The summed E-state index contributed by atoms with van der Waals surface area (Å²) < 4.78 is 0. The largest absolute Gasteiger partial charge is 0.356 e. The third kappa shape index (κ3) is 9.47. The van der Waals surface area contributed by atoms with E-state index in [4.69, 9.17) is 0 Å². The van der Waals surface area contributed by atoms with Crippen molar-refractivity contribution in [3.05, 3.63) is 6.42 Å². The van der Waals surface area contributed by atoms with Gasteiger partial charge in [0, 0.05) is 13.5 Å². The van der Waals surface area contributed by atoms with Gasteiger partial charge in [0.2, 0.25) is 5.91 Å². The molecule has 0 unspecified atom stereocenters. The molecule has 0 aliphatic heterocycles. The standard InChI is InChI=1S/C9H18NO/c1-8(2)6-4-5-7-10-9(3)11/h6,8H,4-5,7H2,1-3H3,(H,10,11). The van der Waals surface area contributed by atoms with E-state index in [1.807, 2.05) is 0 Å². The summed E-state index contributed by atoms with van der Waals surface area (Å²) in [6.07, 6.45) is 4.41. The summed E-state index contributed by atoms with van der Waals surface area (Å²) in [7, 11) is 0. The van der Waals surface area contributed by atoms with E-state index in [1.54, 1.807) is 6.92 Å². The van der Waals surface area contributed by atoms with Crippen LogP contribution in [0.3, 0.4) is 0 Å². The Morgan fingerprint density at radius 3 is 2.64 bits per heavy atom. The molecule has 0 aromatic carbocycles. The number of nitrogens with one attached hydrogen (secondary N) is 1. The van der Waals surface area contributed by atoms with Crippen LogP contribution in [0.25, 0.3) is 0 Å². The molecule has 0 rings (SSSR count). The van der Waals surface area contributed by atoms with Crippen LogP contribution in [0, 0.1) is 12.3 Å². The molecule has 0 saturated heterocycles. The Bertz CT molecular complexity index is 110. The van der Waals surface area contributed by atoms with E-state index in [9.17, 15) is 4.79 Å². The third-order valence-corrected chi connectivity index (χ3v) is 1.39. The molecular formula is C9H18NO. The van der Waals surface area contributed by atoms with Crippen LogP contribution in [0.4, 0.5) is 0 Å². The van der Waals surface area contributed by atoms with Crippen LogP contribution in [-0.2, 0) is 4.79 Å². The minimum absolute atomic E-state index is 0.0644. The van der Waals surface area contributed by atoms with Crippen molar-refractivity contribution < 1.29 is 4.79 Å². The van der Waals surface area contributed by atoms with Crippen molar-refractivity contribution in [2.24, 2.45) is 5.92 Å². The van der Waals surface area contributed by atoms with E-state index in [0.29, 0.717) is 5.92 Å². The Kier molecular flexibility index (Phi) is 5.90. The Morgan fingerprint density at radius 2 is 2.18 bits per heavy atom. The van der Waals surface area contributed by atoms with Gasteiger partial charge in [-0.25, -0.2) is 0 Å². The second-order valence-electron chi connectivity index (χ2n) is 3.10. The lowest BCUT2D eigenvalue weighted by Crippen LogP contribution is -2.20. The molecule has 0 aliphatic rings. The summed E-state index contributed by atoms with van der Waals surface area (Å²) in [5, 5.41) is 2.76. The van der Waals surface area contributed by atoms with Gasteiger partial charge in [0.15, 0.2) is 0 Å². The molecule has 1 N–H and O–H groups in total. The highest BCUT2D eigenvalue weighted by atomic mass is 16.1. The van der Waals surface area contributed by atoms with Gasteiger partial charge in [0.1, 0.15) is 0 Å². The number of amides is 1. The van der Waals surface area contributed by atoms with Crippen LogP contribution in [0.5, 0.6) is 0 Å². The molecule has 0 aromatic heterocycles. The molecule has 65 valence electrons. The van der Waals surface area contributed by atoms with Crippen LogP contribution in [0.1, 0.15) is 33.6 Å². The minimum atomic E-state index is 0.0644. The maximum Gasteiger partial charge on any atom is 0.216 e. The summed E-state index contributed by atoms with van der Waals surface area (Å²) in [5.41, 5.74) is 0. The first kappa shape index (κ1) is 10.5. The molecule has 2 nitrogen and oxygen atoms in total. The summed E-state index contributed by atoms with van der Waals surface area (Å²) in [6, 6.07) is 0. The first-order valence-corrected chi connectivity index (χ1v) is 4.20. The molecule has 1 amide bonds. The zero-order valence-electron chi connectivity index (χ0n) is 7.68. The third-order valence-electron chi connectivity index (χ3n) is 1.39. The van der Waals surface area contributed by atoms with Gasteiger partial charge in [0.05, 0.1) is 0 Å². The fourth-order valence-electron chi connectivity index (χ4n) is 0.818. The lowest BCUT2D eigenvalue weighted by molar-refractivity contribution is -0.118. The molecule has 0 aliphatic carbocycles. The highest BCUT2D eigenvalue weighted by Crippen LogP contribution is 2.03. The quantitative estimate of drug-likeness (QED) is 0.604. The predicted molar refractivity (Wildman–Crippen MR) is 47.1 cm³/mol. The molecule has 2 heteroatoms. The van der Waals surface area contributed by atoms with Gasteiger partial charge in [0.25, 0.3) is 0 Å². The highest BCUT2D eigenvalue weighted by Gasteiger charge is 1.94. The fraction of sp³-hybridized carbons (Fsp3) is 0.778. The van der Waals surface area contributed by atoms with Crippen molar-refractivity contribution in [1.82, 2.24) is 5.32 Å². The van der Waals surface area contributed by atoms with Crippen molar-refractivity contribution in [2.75, 3.05) is 6.54 Å². The van der Waals surface area contributed by atoms with E-state index >= 15 is 0 Å². The van der Waals surface area contributed by atoms with Crippen molar-refractivity contribution in [3.8, 4) is 0 Å². The number of hydrogen-bond donors (Lipinski definition) is 1. The molecule has 0 heterocycles. The number of rotatable bonds is 5. The summed E-state index contributed by atoms with van der Waals surface area (Å²) >= 11 is 0. The number of carbonyl (C=O) groups is 1. The van der Waals surface area contributed by atoms with Gasteiger partial charge >= 0.3 is 0 Å². The van der Waals surface area contributed by atoms with E-state index < -0.39 is 0 Å². The molecule has 0 bridgehead atoms. The van der Waals surface area contributed by atoms with E-state index in [1.165, 1.54) is 0 Å². The molecule has 0 spiro atoms. The Morgan fingerprint density at radius 1 is 1.55 bits per heavy atom. The van der Waals surface area contributed by atoms with E-state index in [2.05, 4.69) is 25.6 Å². The van der Waals surface area contributed by atoms with Crippen LogP contribution in [0.2, 0.25) is 0 Å². The topological polar surface area (TPSA) is 29.1 Å². The van der Waals surface area contributed by atoms with Crippen LogP contribution in [-0.4, -0.2) is 12.5 Å². The first-order valence-electron chi connectivity index (χ1n) is 4.20. The minimum Gasteiger partial charge on any atom is -0.356 e. The molecular weight excluding hydrogens is 138 g/mol. The monoisotopic (exact) mass is 156 g/mol. The summed E-state index contributed by atoms with van der Waals surface area (Å²) in [5.74, 6) is 0.724. The Hall–Kier alpha value is -0.530. The molecule has 11 heavy (non-hydrogen) atoms. The maximum atomic E-state index is 10.4. The van der Waals surface area contributed by atoms with E-state index in [0.717, 1.165) is 19.4 Å². The zero-order valence-corrected chi connectivity index (χ0v) is 7.68. The van der Waals surface area contributed by atoms with Crippen molar-refractivity contribution in [3.63, 3.8) is 0 Å². The molecule has 0 atom stereocenters. The average molecular weight is 156 g/mol. The van der Waals surface area contributed by atoms with Gasteiger partial charge in [-0.3, -0.25) is 4.79 Å². The number of carbonyl (C=O) groups excluding carboxylic acids is 1. The van der Waals surface area contributed by atoms with Gasteiger partial charge in [-0.1, -0.05) is 13.8 Å². The Balaban J connectivity index is 2.97. The van der Waals surface area contributed by atoms with Crippen LogP contribution >= 0.6 is 0 Å². The average Bonchev–Trinajstić information content (AvgIpc) is 1.85. The molecule has 0 saturated carbocycles. The summed E-state index contributed by atoms with van der Waals surface area (Å²) in [6.45, 7) is 6.68. The number of hydrogen-bond acceptors (Lipinski definition) is 1. The predicted octanol–water partition coefficient (Wildman–Crippen LogP) is 1.76. The van der Waals surface area contributed by atoms with Crippen LogP contribution in [0.15, 0.2) is 0 Å². The normalized spacial score (nSPS) is 10.2. The summed E-state index contributed by atoms with van der Waals surface area (Å²) in [4.78, 5) is 10.4. The van der Waals surface area contributed by atoms with E-state index in [-0.39, 0.29) is 5.91 Å². The second-order valence-corrected chi connectivity index (χ2v) is 3.10. The van der Waals surface area contributed by atoms with Gasteiger partial charge < -0.3 is 5.32 Å². The fourth-order valence-corrected chi connectivity index (χ4v) is 0.818. The van der Waals surface area contributed by atoms with Crippen molar-refractivity contribution in [2.45, 2.75) is 33.6 Å². The highest BCUT2D eigenvalue weighted by molar-refractivity contribution is 5.72. The van der Waals surface area contributed by atoms with Crippen molar-refractivity contribution >= 4 is 5.91 Å². The second kappa shape index (κ2) is 6.20. The SMILES string of the molecule is CC(=O)NCCC[CH]C(C)C. The smallest absolute Gasteiger partial charge is 0.216 e. The van der Waals surface area contributed by atoms with Crippen LogP contribution < -0.4 is 5.32 Å². The van der Waals surface area contributed by atoms with Crippen molar-refractivity contribution in [1.29, 1.82) is 0 Å². The Labute approximate surface area is 69.4 Å². The molecule has 1 radical (unpaired) electrons. The lowest BCUT2D eigenvalue weighted by atomic mass is 10.1. The molecule has 0 fully saturated rings. The van der Waals surface area contributed by atoms with Gasteiger partial charge in [-0.15, -0.1) is 0 Å². The zero-order chi connectivity index (χ0) is 8.69. The molecule has 0 aromatic rings. The lowest BCUT2D eigenvalue weighted by Gasteiger charge is -2.03. The van der Waals surface area contributed by atoms with Gasteiger partial charge in [-0.2, -0.15) is 0 Å². The maximum absolute atomic E-state index is 10.4. The number of unbranched alkanes of at least 4 members (excludes halogenated alkanes) is 1. The van der Waals surface area contributed by atoms with Gasteiger partial charge in [-0.05, 0) is 25.2 Å². The first-order chi connectivity index (χ1) is 5.13.